The van der Waals surface area contributed by atoms with Crippen LogP contribution in [-0.2, 0) is 4.79 Å². The number of aliphatic carboxylic acids is 1. The quantitative estimate of drug-likeness (QED) is 0.271. The molecule has 0 rings (SSSR count). The molecule has 4 nitrogen and oxygen atoms in total. The monoisotopic (exact) mass is 242 g/mol. The molecule has 0 heterocycles. The number of aliphatic hydroxyl groups excluding tert-OH is 2. The van der Waals surface area contributed by atoms with Crippen molar-refractivity contribution in [3.63, 3.8) is 0 Å². The maximum absolute atomic E-state index is 9.55. The summed E-state index contributed by atoms with van der Waals surface area (Å²) >= 11 is 6.92. The van der Waals surface area contributed by atoms with E-state index in [4.69, 9.17) is 15.3 Å². The van der Waals surface area contributed by atoms with Gasteiger partial charge >= 0.3 is 5.97 Å². The summed E-state index contributed by atoms with van der Waals surface area (Å²) in [7, 11) is 0. The van der Waals surface area contributed by atoms with E-state index in [2.05, 4.69) is 25.3 Å². The fraction of sp³-hybridized carbons (Fsp3) is 0.875. The third-order valence-corrected chi connectivity index (χ3v) is 1.73. The minimum Gasteiger partial charge on any atom is -0.480 e. The summed E-state index contributed by atoms with van der Waals surface area (Å²) in [6.45, 7) is 0.566. The lowest BCUT2D eigenvalue weighted by molar-refractivity contribution is -0.134. The van der Waals surface area contributed by atoms with Crippen molar-refractivity contribution < 1.29 is 20.1 Å². The fourth-order valence-electron chi connectivity index (χ4n) is 0.577. The van der Waals surface area contributed by atoms with E-state index in [1.54, 1.807) is 0 Å². The lowest BCUT2D eigenvalue weighted by Gasteiger charge is -1.93. The van der Waals surface area contributed by atoms with Crippen LogP contribution in [0, 0.1) is 0 Å². The summed E-state index contributed by atoms with van der Waals surface area (Å²) in [5.74, 6) is -1.01. The van der Waals surface area contributed by atoms with E-state index in [0.29, 0.717) is 0 Å². The summed E-state index contributed by atoms with van der Waals surface area (Å²) in [4.78, 5) is 9.55. The van der Waals surface area contributed by atoms with Gasteiger partial charge in [0.2, 0.25) is 0 Å². The Morgan fingerprint density at radius 3 is 1.43 bits per heavy atom. The Kier molecular flexibility index (Phi) is 15.4. The maximum Gasteiger partial charge on any atom is 0.326 e. The third kappa shape index (κ3) is 18.0. The van der Waals surface area contributed by atoms with Gasteiger partial charge in [0.1, 0.15) is 4.58 Å². The molecule has 0 aliphatic carbocycles. The Hall–Kier alpha value is 0.0900. The van der Waals surface area contributed by atoms with Crippen LogP contribution < -0.4 is 0 Å². The van der Waals surface area contributed by atoms with E-state index in [1.807, 2.05) is 0 Å². The van der Waals surface area contributed by atoms with Gasteiger partial charge in [-0.05, 0) is 12.8 Å². The summed E-state index contributed by atoms with van der Waals surface area (Å²) in [5, 5.41) is 24.4. The molecule has 0 radical (unpaired) electrons. The molecule has 6 heteroatoms. The molecule has 0 fully saturated rings. The van der Waals surface area contributed by atoms with E-state index in [1.165, 1.54) is 0 Å². The molecule has 0 saturated carbocycles. The van der Waals surface area contributed by atoms with Gasteiger partial charge in [0, 0.05) is 13.2 Å². The number of carbonyl (C=O) groups is 1. The van der Waals surface area contributed by atoms with Crippen LogP contribution in [0.25, 0.3) is 0 Å². The predicted molar refractivity (Wildman–Crippen MR) is 62.0 cm³/mol. The second-order valence-corrected chi connectivity index (χ2v) is 4.01. The van der Waals surface area contributed by atoms with E-state index in [-0.39, 0.29) is 13.2 Å². The van der Waals surface area contributed by atoms with Gasteiger partial charge < -0.3 is 15.3 Å². The van der Waals surface area contributed by atoms with Crippen molar-refractivity contribution in [3.05, 3.63) is 0 Å². The molecule has 0 atom stereocenters. The standard InChI is InChI=1S/C6H14O2.C2H4O2S2/c7-5-3-1-2-4-6-8;3-1(4)2(5)6/h7-8H,1-6H2;2,5-6H,(H,3,4). The van der Waals surface area contributed by atoms with Gasteiger partial charge in [0.15, 0.2) is 0 Å². The first-order valence-electron chi connectivity index (χ1n) is 4.37. The van der Waals surface area contributed by atoms with Crippen molar-refractivity contribution in [3.8, 4) is 0 Å². The molecular formula is C8H18O4S2. The number of carboxylic acids is 1. The molecule has 0 amide bonds. The molecule has 3 N–H and O–H groups in total. The first kappa shape index (κ1) is 16.5. The Morgan fingerprint density at radius 1 is 1.00 bits per heavy atom. The number of rotatable bonds is 6. The summed E-state index contributed by atoms with van der Waals surface area (Å²) in [5.41, 5.74) is 0. The third-order valence-electron chi connectivity index (χ3n) is 1.29. The van der Waals surface area contributed by atoms with Crippen LogP contribution in [0.4, 0.5) is 0 Å². The van der Waals surface area contributed by atoms with Crippen molar-refractivity contribution in [2.75, 3.05) is 13.2 Å². The van der Waals surface area contributed by atoms with Gasteiger partial charge in [-0.2, -0.15) is 25.3 Å². The molecule has 0 aliphatic heterocycles. The molecule has 0 aromatic rings. The van der Waals surface area contributed by atoms with Crippen LogP contribution in [0.5, 0.6) is 0 Å². The number of unbranched alkanes of at least 4 members (excludes halogenated alkanes) is 3. The molecule has 86 valence electrons. The minimum absolute atomic E-state index is 0.283. The Morgan fingerprint density at radius 2 is 1.29 bits per heavy atom. The Balaban J connectivity index is 0. The molecule has 0 aliphatic rings. The number of carboxylic acid groups (broad SMARTS) is 1. The Labute approximate surface area is 95.2 Å². The van der Waals surface area contributed by atoms with Gasteiger partial charge in [-0.15, -0.1) is 0 Å². The maximum atomic E-state index is 9.55. The molecule has 0 aromatic heterocycles. The molecular weight excluding hydrogens is 224 g/mol. The van der Waals surface area contributed by atoms with E-state index in [9.17, 15) is 4.79 Å². The fourth-order valence-corrected chi connectivity index (χ4v) is 0.577. The summed E-state index contributed by atoms with van der Waals surface area (Å²) in [6, 6.07) is 0. The molecule has 0 aromatic carbocycles. The smallest absolute Gasteiger partial charge is 0.326 e. The summed E-state index contributed by atoms with van der Waals surface area (Å²) in [6.07, 6.45) is 3.83. The average molecular weight is 242 g/mol. The highest BCUT2D eigenvalue weighted by atomic mass is 32.2. The minimum atomic E-state index is -1.01. The highest BCUT2D eigenvalue weighted by Gasteiger charge is 2.01. The van der Waals surface area contributed by atoms with Crippen molar-refractivity contribution in [2.45, 2.75) is 30.3 Å². The molecule has 0 spiro atoms. The molecule has 0 bridgehead atoms. The SMILES string of the molecule is O=C(O)C(S)S.OCCCCCCO. The highest BCUT2D eigenvalue weighted by molar-refractivity contribution is 8.00. The lowest BCUT2D eigenvalue weighted by atomic mass is 10.2. The van der Waals surface area contributed by atoms with Gasteiger partial charge in [-0.3, -0.25) is 4.79 Å². The first-order valence-corrected chi connectivity index (χ1v) is 5.40. The molecule has 0 unspecified atom stereocenters. The molecule has 14 heavy (non-hydrogen) atoms. The number of hydrogen-bond acceptors (Lipinski definition) is 5. The van der Waals surface area contributed by atoms with Crippen LogP contribution in [0.3, 0.4) is 0 Å². The lowest BCUT2D eigenvalue weighted by Crippen LogP contribution is -2.04. The Bertz CT molecular complexity index is 125. The van der Waals surface area contributed by atoms with Crippen LogP contribution in [0.1, 0.15) is 25.7 Å². The van der Waals surface area contributed by atoms with E-state index in [0.717, 1.165) is 25.7 Å². The number of hydrogen-bond donors (Lipinski definition) is 5. The van der Waals surface area contributed by atoms with Gasteiger partial charge in [0.25, 0.3) is 0 Å². The van der Waals surface area contributed by atoms with Crippen LogP contribution in [-0.4, -0.2) is 39.1 Å². The summed E-state index contributed by atoms with van der Waals surface area (Å²) < 4.78 is -0.843. The predicted octanol–water partition coefficient (Wildman–Crippen LogP) is 0.788. The van der Waals surface area contributed by atoms with Gasteiger partial charge in [-0.25, -0.2) is 0 Å². The first-order chi connectivity index (χ1) is 6.56. The topological polar surface area (TPSA) is 77.8 Å². The van der Waals surface area contributed by atoms with Crippen LogP contribution in [0.2, 0.25) is 0 Å². The van der Waals surface area contributed by atoms with Gasteiger partial charge in [0.05, 0.1) is 0 Å². The zero-order valence-corrected chi connectivity index (χ0v) is 9.75. The van der Waals surface area contributed by atoms with Crippen molar-refractivity contribution in [1.82, 2.24) is 0 Å². The molecule has 0 saturated heterocycles. The second-order valence-electron chi connectivity index (χ2n) is 2.57. The largest absolute Gasteiger partial charge is 0.480 e. The highest BCUT2D eigenvalue weighted by Crippen LogP contribution is 1.97. The van der Waals surface area contributed by atoms with Crippen molar-refractivity contribution >= 4 is 31.2 Å². The van der Waals surface area contributed by atoms with E-state index < -0.39 is 10.6 Å². The van der Waals surface area contributed by atoms with Crippen LogP contribution in [0.15, 0.2) is 0 Å². The van der Waals surface area contributed by atoms with Crippen molar-refractivity contribution in [1.29, 1.82) is 0 Å². The average Bonchev–Trinajstić information content (AvgIpc) is 2.13. The zero-order valence-electron chi connectivity index (χ0n) is 7.96. The van der Waals surface area contributed by atoms with Crippen molar-refractivity contribution in [2.24, 2.45) is 0 Å². The number of thiol groups is 2. The van der Waals surface area contributed by atoms with E-state index >= 15 is 0 Å². The van der Waals surface area contributed by atoms with Gasteiger partial charge in [-0.1, -0.05) is 12.8 Å². The zero-order chi connectivity index (χ0) is 11.4. The second kappa shape index (κ2) is 13.1. The van der Waals surface area contributed by atoms with Crippen LogP contribution >= 0.6 is 25.3 Å². The normalized spacial score (nSPS) is 9.50. The number of aliphatic hydroxyl groups is 2.